The lowest BCUT2D eigenvalue weighted by Gasteiger charge is -1.99. The molecule has 0 aliphatic carbocycles. The van der Waals surface area contributed by atoms with E-state index in [-0.39, 0.29) is 12.2 Å². The molecule has 1 aromatic carbocycles. The van der Waals surface area contributed by atoms with Crippen molar-refractivity contribution in [1.29, 1.82) is 5.26 Å². The standard InChI is InChI=1S/C12H8FN3O2S/c13-10-3-7(4-14)1-2-9(10)11-16-5-8(19-11)6-18-12(15)17/h1-3,5H,6H2,(H2,15,17). The summed E-state index contributed by atoms with van der Waals surface area (Å²) in [5.41, 5.74) is 5.39. The fourth-order valence-corrected chi connectivity index (χ4v) is 2.25. The van der Waals surface area contributed by atoms with Crippen molar-refractivity contribution in [2.75, 3.05) is 0 Å². The minimum absolute atomic E-state index is 0.00486. The molecule has 0 spiro atoms. The average molecular weight is 277 g/mol. The summed E-state index contributed by atoms with van der Waals surface area (Å²) in [7, 11) is 0. The van der Waals surface area contributed by atoms with E-state index >= 15 is 0 Å². The van der Waals surface area contributed by atoms with Crippen molar-refractivity contribution in [2.45, 2.75) is 6.61 Å². The van der Waals surface area contributed by atoms with Crippen LogP contribution in [0.4, 0.5) is 9.18 Å². The molecule has 0 unspecified atom stereocenters. The molecule has 2 aromatic rings. The van der Waals surface area contributed by atoms with Crippen LogP contribution in [0.25, 0.3) is 10.6 Å². The Morgan fingerprint density at radius 2 is 2.37 bits per heavy atom. The predicted molar refractivity (Wildman–Crippen MR) is 66.6 cm³/mol. The first-order valence-corrected chi connectivity index (χ1v) is 5.99. The summed E-state index contributed by atoms with van der Waals surface area (Å²) in [5, 5.41) is 9.11. The first kappa shape index (κ1) is 13.0. The fraction of sp³-hybridized carbons (Fsp3) is 0.0833. The summed E-state index contributed by atoms with van der Waals surface area (Å²) < 4.78 is 18.4. The molecule has 0 saturated heterocycles. The molecule has 0 radical (unpaired) electrons. The van der Waals surface area contributed by atoms with Gasteiger partial charge in [-0.15, -0.1) is 11.3 Å². The summed E-state index contributed by atoms with van der Waals surface area (Å²) >= 11 is 1.19. The molecule has 0 atom stereocenters. The van der Waals surface area contributed by atoms with Crippen molar-refractivity contribution in [1.82, 2.24) is 4.98 Å². The normalized spacial score (nSPS) is 9.89. The second-order valence-corrected chi connectivity index (χ2v) is 4.66. The summed E-state index contributed by atoms with van der Waals surface area (Å²) in [5.74, 6) is -0.518. The number of nitrogens with zero attached hydrogens (tertiary/aromatic N) is 2. The maximum atomic E-state index is 13.8. The van der Waals surface area contributed by atoms with Gasteiger partial charge < -0.3 is 10.5 Å². The van der Waals surface area contributed by atoms with Gasteiger partial charge in [-0.25, -0.2) is 14.2 Å². The minimum atomic E-state index is -0.875. The number of carbonyl (C=O) groups is 1. The van der Waals surface area contributed by atoms with Crippen LogP contribution in [0.1, 0.15) is 10.4 Å². The highest BCUT2D eigenvalue weighted by molar-refractivity contribution is 7.15. The van der Waals surface area contributed by atoms with Crippen LogP contribution in [0.2, 0.25) is 0 Å². The van der Waals surface area contributed by atoms with Gasteiger partial charge in [-0.2, -0.15) is 5.26 Å². The number of thiazole rings is 1. The van der Waals surface area contributed by atoms with Crippen molar-refractivity contribution in [3.05, 3.63) is 40.7 Å². The summed E-state index contributed by atoms with van der Waals surface area (Å²) in [6, 6.07) is 6.01. The van der Waals surface area contributed by atoms with E-state index in [1.165, 1.54) is 29.7 Å². The first-order valence-electron chi connectivity index (χ1n) is 5.17. The number of rotatable bonds is 3. The average Bonchev–Trinajstić information content (AvgIpc) is 2.84. The van der Waals surface area contributed by atoms with Crippen molar-refractivity contribution in [2.24, 2.45) is 5.73 Å². The Kier molecular flexibility index (Phi) is 3.73. The number of hydrogen-bond acceptors (Lipinski definition) is 5. The van der Waals surface area contributed by atoms with E-state index < -0.39 is 11.9 Å². The highest BCUT2D eigenvalue weighted by Gasteiger charge is 2.11. The second kappa shape index (κ2) is 5.46. The number of nitrogens with two attached hydrogens (primary N) is 1. The Hall–Kier alpha value is -2.46. The molecule has 96 valence electrons. The first-order chi connectivity index (χ1) is 9.10. The van der Waals surface area contributed by atoms with Gasteiger partial charge in [0.05, 0.1) is 16.5 Å². The van der Waals surface area contributed by atoms with Gasteiger partial charge >= 0.3 is 6.09 Å². The van der Waals surface area contributed by atoms with Gasteiger partial charge in [-0.05, 0) is 18.2 Å². The summed E-state index contributed by atoms with van der Waals surface area (Å²) in [6.45, 7) is 0.00486. The molecule has 7 heteroatoms. The molecule has 2 rings (SSSR count). The lowest BCUT2D eigenvalue weighted by molar-refractivity contribution is 0.151. The Morgan fingerprint density at radius 1 is 1.58 bits per heavy atom. The molecule has 0 fully saturated rings. The Balaban J connectivity index is 2.23. The molecular weight excluding hydrogens is 269 g/mol. The highest BCUT2D eigenvalue weighted by Crippen LogP contribution is 2.28. The lowest BCUT2D eigenvalue weighted by atomic mass is 10.1. The number of carbonyl (C=O) groups excluding carboxylic acids is 1. The van der Waals surface area contributed by atoms with E-state index in [9.17, 15) is 9.18 Å². The number of hydrogen-bond donors (Lipinski definition) is 1. The van der Waals surface area contributed by atoms with Crippen LogP contribution in [-0.2, 0) is 11.3 Å². The van der Waals surface area contributed by atoms with Gasteiger partial charge in [0.2, 0.25) is 0 Å². The molecule has 1 heterocycles. The van der Waals surface area contributed by atoms with Crippen molar-refractivity contribution < 1.29 is 13.9 Å². The number of amides is 1. The molecule has 19 heavy (non-hydrogen) atoms. The number of ether oxygens (including phenoxy) is 1. The maximum absolute atomic E-state index is 13.8. The van der Waals surface area contributed by atoms with E-state index in [0.717, 1.165) is 6.07 Å². The quantitative estimate of drug-likeness (QED) is 0.932. The topological polar surface area (TPSA) is 89.0 Å². The van der Waals surface area contributed by atoms with Crippen LogP contribution in [0.15, 0.2) is 24.4 Å². The predicted octanol–water partition coefficient (Wildman–Crippen LogP) is 2.42. The van der Waals surface area contributed by atoms with E-state index in [1.54, 1.807) is 0 Å². The highest BCUT2D eigenvalue weighted by atomic mass is 32.1. The SMILES string of the molecule is N#Cc1ccc(-c2ncc(COC(N)=O)s2)c(F)c1. The Morgan fingerprint density at radius 3 is 3.00 bits per heavy atom. The van der Waals surface area contributed by atoms with Gasteiger partial charge in [0.1, 0.15) is 17.4 Å². The zero-order valence-corrected chi connectivity index (χ0v) is 10.4. The van der Waals surface area contributed by atoms with Crippen LogP contribution >= 0.6 is 11.3 Å². The molecule has 0 saturated carbocycles. The molecule has 0 aliphatic heterocycles. The molecule has 5 nitrogen and oxygen atoms in total. The van der Waals surface area contributed by atoms with E-state index in [2.05, 4.69) is 9.72 Å². The number of benzene rings is 1. The smallest absolute Gasteiger partial charge is 0.404 e. The Labute approximate surface area is 112 Å². The van der Waals surface area contributed by atoms with Crippen molar-refractivity contribution >= 4 is 17.4 Å². The van der Waals surface area contributed by atoms with Crippen LogP contribution in [0, 0.1) is 17.1 Å². The number of nitriles is 1. The third-order valence-corrected chi connectivity index (χ3v) is 3.24. The third-order valence-electron chi connectivity index (χ3n) is 2.24. The zero-order valence-electron chi connectivity index (χ0n) is 9.59. The third kappa shape index (κ3) is 3.05. The molecular formula is C12H8FN3O2S. The van der Waals surface area contributed by atoms with Crippen LogP contribution in [0.5, 0.6) is 0 Å². The summed E-state index contributed by atoms with van der Waals surface area (Å²) in [4.78, 5) is 15.2. The minimum Gasteiger partial charge on any atom is -0.444 e. The van der Waals surface area contributed by atoms with E-state index in [4.69, 9.17) is 11.0 Å². The Bertz CT molecular complexity index is 663. The van der Waals surface area contributed by atoms with Crippen LogP contribution < -0.4 is 5.73 Å². The van der Waals surface area contributed by atoms with Gasteiger partial charge in [-0.1, -0.05) is 0 Å². The molecule has 1 aromatic heterocycles. The van der Waals surface area contributed by atoms with Gasteiger partial charge in [0.15, 0.2) is 0 Å². The van der Waals surface area contributed by atoms with E-state index in [0.29, 0.717) is 15.4 Å². The second-order valence-electron chi connectivity index (χ2n) is 3.55. The monoisotopic (exact) mass is 277 g/mol. The van der Waals surface area contributed by atoms with Gasteiger partial charge in [-0.3, -0.25) is 0 Å². The molecule has 1 amide bonds. The van der Waals surface area contributed by atoms with Crippen molar-refractivity contribution in [3.63, 3.8) is 0 Å². The molecule has 0 bridgehead atoms. The van der Waals surface area contributed by atoms with Crippen LogP contribution in [0.3, 0.4) is 0 Å². The number of halogens is 1. The molecule has 2 N–H and O–H groups in total. The van der Waals surface area contributed by atoms with Gasteiger partial charge in [0, 0.05) is 11.8 Å². The van der Waals surface area contributed by atoms with E-state index in [1.807, 2.05) is 6.07 Å². The molecule has 0 aliphatic rings. The zero-order chi connectivity index (χ0) is 13.8. The lowest BCUT2D eigenvalue weighted by Crippen LogP contribution is -2.12. The number of aromatic nitrogens is 1. The van der Waals surface area contributed by atoms with Gasteiger partial charge in [0.25, 0.3) is 0 Å². The fourth-order valence-electron chi connectivity index (χ4n) is 1.40. The number of primary amides is 1. The van der Waals surface area contributed by atoms with Crippen molar-refractivity contribution in [3.8, 4) is 16.6 Å². The maximum Gasteiger partial charge on any atom is 0.404 e. The summed E-state index contributed by atoms with van der Waals surface area (Å²) in [6.07, 6.45) is 0.611. The van der Waals surface area contributed by atoms with Crippen LogP contribution in [-0.4, -0.2) is 11.1 Å². The largest absolute Gasteiger partial charge is 0.444 e.